The predicted octanol–water partition coefficient (Wildman–Crippen LogP) is 3.46. The SMILES string of the molecule is Cc1ccc(CN(C)C(=O)CCc2ccc(C#N)cc2)cc1. The summed E-state index contributed by atoms with van der Waals surface area (Å²) in [4.78, 5) is 13.9. The van der Waals surface area contributed by atoms with Gasteiger partial charge in [-0.15, -0.1) is 0 Å². The van der Waals surface area contributed by atoms with E-state index in [-0.39, 0.29) is 5.91 Å². The zero-order valence-corrected chi connectivity index (χ0v) is 13.0. The number of hydrogen-bond acceptors (Lipinski definition) is 2. The summed E-state index contributed by atoms with van der Waals surface area (Å²) >= 11 is 0. The lowest BCUT2D eigenvalue weighted by molar-refractivity contribution is -0.130. The molecule has 0 aliphatic carbocycles. The zero-order chi connectivity index (χ0) is 15.9. The molecule has 3 heteroatoms. The minimum Gasteiger partial charge on any atom is -0.341 e. The number of hydrogen-bond donors (Lipinski definition) is 0. The summed E-state index contributed by atoms with van der Waals surface area (Å²) in [5, 5.41) is 8.77. The van der Waals surface area contributed by atoms with Crippen molar-refractivity contribution in [3.63, 3.8) is 0 Å². The molecule has 2 rings (SSSR count). The van der Waals surface area contributed by atoms with Crippen molar-refractivity contribution in [2.24, 2.45) is 0 Å². The third-order valence-corrected chi connectivity index (χ3v) is 3.68. The molecule has 2 aromatic rings. The highest BCUT2D eigenvalue weighted by Crippen LogP contribution is 2.10. The second-order valence-electron chi connectivity index (χ2n) is 5.54. The molecule has 0 aromatic heterocycles. The maximum absolute atomic E-state index is 12.2. The largest absolute Gasteiger partial charge is 0.341 e. The molecule has 0 bridgehead atoms. The molecular formula is C19H20N2O. The zero-order valence-electron chi connectivity index (χ0n) is 13.0. The third-order valence-electron chi connectivity index (χ3n) is 3.68. The van der Waals surface area contributed by atoms with E-state index in [1.54, 1.807) is 17.0 Å². The highest BCUT2D eigenvalue weighted by Gasteiger charge is 2.09. The van der Waals surface area contributed by atoms with Crippen LogP contribution in [0.4, 0.5) is 0 Å². The molecule has 0 atom stereocenters. The minimum absolute atomic E-state index is 0.130. The third kappa shape index (κ3) is 4.46. The van der Waals surface area contributed by atoms with Gasteiger partial charge in [-0.1, -0.05) is 42.0 Å². The average molecular weight is 292 g/mol. The molecule has 0 spiro atoms. The maximum Gasteiger partial charge on any atom is 0.222 e. The van der Waals surface area contributed by atoms with Gasteiger partial charge in [0.15, 0.2) is 0 Å². The molecule has 0 radical (unpaired) electrons. The Morgan fingerprint density at radius 3 is 2.23 bits per heavy atom. The first-order chi connectivity index (χ1) is 10.6. The minimum atomic E-state index is 0.130. The van der Waals surface area contributed by atoms with Gasteiger partial charge >= 0.3 is 0 Å². The van der Waals surface area contributed by atoms with Crippen LogP contribution in [0.15, 0.2) is 48.5 Å². The van der Waals surface area contributed by atoms with Gasteiger partial charge < -0.3 is 4.90 Å². The first kappa shape index (κ1) is 15.8. The fourth-order valence-corrected chi connectivity index (χ4v) is 2.24. The molecule has 0 saturated carbocycles. The van der Waals surface area contributed by atoms with Crippen LogP contribution >= 0.6 is 0 Å². The van der Waals surface area contributed by atoms with E-state index in [2.05, 4.69) is 37.3 Å². The van der Waals surface area contributed by atoms with Gasteiger partial charge in [-0.2, -0.15) is 5.26 Å². The van der Waals surface area contributed by atoms with Crippen LogP contribution in [-0.4, -0.2) is 17.9 Å². The topological polar surface area (TPSA) is 44.1 Å². The lowest BCUT2D eigenvalue weighted by Crippen LogP contribution is -2.26. The summed E-state index contributed by atoms with van der Waals surface area (Å²) < 4.78 is 0. The number of aryl methyl sites for hydroxylation is 2. The summed E-state index contributed by atoms with van der Waals surface area (Å²) in [7, 11) is 1.83. The van der Waals surface area contributed by atoms with Crippen LogP contribution in [0.1, 0.15) is 28.7 Å². The van der Waals surface area contributed by atoms with Crippen molar-refractivity contribution in [2.75, 3.05) is 7.05 Å². The monoisotopic (exact) mass is 292 g/mol. The van der Waals surface area contributed by atoms with Gasteiger partial charge in [-0.05, 0) is 36.6 Å². The summed E-state index contributed by atoms with van der Waals surface area (Å²) in [5.41, 5.74) is 4.08. The summed E-state index contributed by atoms with van der Waals surface area (Å²) in [5.74, 6) is 0.130. The Hall–Kier alpha value is -2.60. The Morgan fingerprint density at radius 2 is 1.64 bits per heavy atom. The van der Waals surface area contributed by atoms with Gasteiger partial charge in [-0.25, -0.2) is 0 Å². The standard InChI is InChI=1S/C19H20N2O/c1-15-3-5-18(6-4-15)14-21(2)19(22)12-11-16-7-9-17(13-20)10-8-16/h3-10H,11-12,14H2,1-2H3. The fraction of sp³-hybridized carbons (Fsp3) is 0.263. The van der Waals surface area contributed by atoms with Crippen molar-refractivity contribution in [1.82, 2.24) is 4.90 Å². The van der Waals surface area contributed by atoms with Crippen molar-refractivity contribution in [2.45, 2.75) is 26.3 Å². The van der Waals surface area contributed by atoms with E-state index >= 15 is 0 Å². The number of nitriles is 1. The summed E-state index contributed by atoms with van der Waals surface area (Å²) in [6.07, 6.45) is 1.18. The molecule has 3 nitrogen and oxygen atoms in total. The lowest BCUT2D eigenvalue weighted by Gasteiger charge is -2.17. The van der Waals surface area contributed by atoms with Crippen molar-refractivity contribution < 1.29 is 4.79 Å². The molecule has 2 aromatic carbocycles. The second-order valence-corrected chi connectivity index (χ2v) is 5.54. The average Bonchev–Trinajstić information content (AvgIpc) is 2.55. The highest BCUT2D eigenvalue weighted by atomic mass is 16.2. The van der Waals surface area contributed by atoms with Gasteiger partial charge in [0.25, 0.3) is 0 Å². The molecular weight excluding hydrogens is 272 g/mol. The van der Waals surface area contributed by atoms with Crippen LogP contribution in [0.25, 0.3) is 0 Å². The Kier molecular flexibility index (Phi) is 5.32. The molecule has 0 saturated heterocycles. The van der Waals surface area contributed by atoms with Crippen molar-refractivity contribution in [3.8, 4) is 6.07 Å². The molecule has 112 valence electrons. The first-order valence-corrected chi connectivity index (χ1v) is 7.37. The van der Waals surface area contributed by atoms with Crippen LogP contribution in [0, 0.1) is 18.3 Å². The highest BCUT2D eigenvalue weighted by molar-refractivity contribution is 5.76. The smallest absolute Gasteiger partial charge is 0.222 e. The van der Waals surface area contributed by atoms with Gasteiger partial charge in [0.1, 0.15) is 0 Å². The molecule has 1 amide bonds. The predicted molar refractivity (Wildman–Crippen MR) is 87.1 cm³/mol. The van der Waals surface area contributed by atoms with Gasteiger partial charge in [0.05, 0.1) is 11.6 Å². The molecule has 0 heterocycles. The molecule has 0 unspecified atom stereocenters. The molecule has 22 heavy (non-hydrogen) atoms. The van der Waals surface area contributed by atoms with E-state index in [1.807, 2.05) is 19.2 Å². The van der Waals surface area contributed by atoms with Gasteiger partial charge in [0, 0.05) is 20.0 Å². The second kappa shape index (κ2) is 7.42. The normalized spacial score (nSPS) is 10.0. The molecule has 0 N–H and O–H groups in total. The van der Waals surface area contributed by atoms with Crippen LogP contribution < -0.4 is 0 Å². The van der Waals surface area contributed by atoms with Crippen molar-refractivity contribution in [3.05, 3.63) is 70.8 Å². The number of carbonyl (C=O) groups is 1. The Morgan fingerprint density at radius 1 is 1.05 bits per heavy atom. The fourth-order valence-electron chi connectivity index (χ4n) is 2.24. The van der Waals surface area contributed by atoms with E-state index < -0.39 is 0 Å². The van der Waals surface area contributed by atoms with E-state index in [1.165, 1.54) is 5.56 Å². The van der Waals surface area contributed by atoms with Crippen LogP contribution in [0.2, 0.25) is 0 Å². The van der Waals surface area contributed by atoms with Crippen molar-refractivity contribution in [1.29, 1.82) is 5.26 Å². The van der Waals surface area contributed by atoms with Gasteiger partial charge in [0.2, 0.25) is 5.91 Å². The Bertz CT molecular complexity index is 666. The Balaban J connectivity index is 1.85. The van der Waals surface area contributed by atoms with Crippen LogP contribution in [0.5, 0.6) is 0 Å². The van der Waals surface area contributed by atoms with Crippen molar-refractivity contribution >= 4 is 5.91 Å². The quantitative estimate of drug-likeness (QED) is 0.847. The number of benzene rings is 2. The molecule has 0 aliphatic rings. The van der Waals surface area contributed by atoms with E-state index in [4.69, 9.17) is 5.26 Å². The number of carbonyl (C=O) groups excluding carboxylic acids is 1. The molecule has 0 fully saturated rings. The summed E-state index contributed by atoms with van der Waals surface area (Å²) in [6.45, 7) is 2.68. The van der Waals surface area contributed by atoms with Crippen LogP contribution in [-0.2, 0) is 17.8 Å². The lowest BCUT2D eigenvalue weighted by atomic mass is 10.1. The van der Waals surface area contributed by atoms with E-state index in [9.17, 15) is 4.79 Å². The number of rotatable bonds is 5. The first-order valence-electron chi connectivity index (χ1n) is 7.37. The van der Waals surface area contributed by atoms with E-state index in [0.717, 1.165) is 11.1 Å². The summed E-state index contributed by atoms with van der Waals surface area (Å²) in [6, 6.07) is 17.7. The molecule has 0 aliphatic heterocycles. The Labute approximate surface area is 131 Å². The van der Waals surface area contributed by atoms with E-state index in [0.29, 0.717) is 24.9 Å². The van der Waals surface area contributed by atoms with Gasteiger partial charge in [-0.3, -0.25) is 4.79 Å². The number of nitrogens with zero attached hydrogens (tertiary/aromatic N) is 2. The number of amides is 1. The van der Waals surface area contributed by atoms with Crippen LogP contribution in [0.3, 0.4) is 0 Å². The maximum atomic E-state index is 12.2.